The SMILES string of the molecule is C[C@@H]1C(=O)N(c2ccc3c(cnn3-c3ccc(F)cc3)c2)[C@H](c2ccccc2)C1NC(=O)C(C)(F)F. The first kappa shape index (κ1) is 23.6. The van der Waals surface area contributed by atoms with E-state index in [1.807, 2.05) is 6.07 Å². The van der Waals surface area contributed by atoms with E-state index < -0.39 is 29.8 Å². The lowest BCUT2D eigenvalue weighted by atomic mass is 9.94. The molecule has 2 amide bonds. The van der Waals surface area contributed by atoms with Crippen LogP contribution >= 0.6 is 0 Å². The number of amides is 2. The second kappa shape index (κ2) is 8.82. The molecule has 0 saturated carbocycles. The molecule has 1 aliphatic rings. The van der Waals surface area contributed by atoms with E-state index >= 15 is 0 Å². The first-order valence-corrected chi connectivity index (χ1v) is 11.5. The number of rotatable bonds is 5. The molecule has 0 radical (unpaired) electrons. The topological polar surface area (TPSA) is 67.2 Å². The zero-order chi connectivity index (χ0) is 25.6. The molecule has 0 spiro atoms. The smallest absolute Gasteiger partial charge is 0.321 e. The van der Waals surface area contributed by atoms with Gasteiger partial charge < -0.3 is 10.2 Å². The Morgan fingerprint density at radius 3 is 2.33 bits per heavy atom. The van der Waals surface area contributed by atoms with Gasteiger partial charge in [0.1, 0.15) is 5.82 Å². The van der Waals surface area contributed by atoms with Gasteiger partial charge in [0.05, 0.1) is 35.4 Å². The molecule has 1 unspecified atom stereocenters. The number of fused-ring (bicyclic) bond motifs is 1. The molecule has 1 aromatic heterocycles. The molecule has 2 heterocycles. The van der Waals surface area contributed by atoms with Crippen LogP contribution in [0.25, 0.3) is 16.6 Å². The van der Waals surface area contributed by atoms with Crippen molar-refractivity contribution in [2.45, 2.75) is 31.9 Å². The molecule has 1 aliphatic heterocycles. The second-order valence-corrected chi connectivity index (χ2v) is 9.02. The summed E-state index contributed by atoms with van der Waals surface area (Å²) in [4.78, 5) is 27.2. The number of aromatic nitrogens is 2. The summed E-state index contributed by atoms with van der Waals surface area (Å²) in [5, 5.41) is 7.56. The maximum Gasteiger partial charge on any atom is 0.321 e. The number of anilines is 1. The molecule has 184 valence electrons. The van der Waals surface area contributed by atoms with Gasteiger partial charge in [-0.15, -0.1) is 0 Å². The van der Waals surface area contributed by atoms with E-state index in [1.54, 1.807) is 77.3 Å². The number of carbonyl (C=O) groups is 2. The van der Waals surface area contributed by atoms with Gasteiger partial charge in [0.2, 0.25) is 5.91 Å². The summed E-state index contributed by atoms with van der Waals surface area (Å²) in [6.07, 6.45) is 1.64. The van der Waals surface area contributed by atoms with Gasteiger partial charge in [-0.05, 0) is 48.0 Å². The van der Waals surface area contributed by atoms with Crippen LogP contribution in [0.1, 0.15) is 25.5 Å². The van der Waals surface area contributed by atoms with Gasteiger partial charge in [0.25, 0.3) is 5.91 Å². The zero-order valence-corrected chi connectivity index (χ0v) is 19.5. The fraction of sp³-hybridized carbons (Fsp3) is 0.222. The van der Waals surface area contributed by atoms with E-state index in [0.29, 0.717) is 23.9 Å². The fourth-order valence-electron chi connectivity index (χ4n) is 4.68. The third-order valence-corrected chi connectivity index (χ3v) is 6.52. The quantitative estimate of drug-likeness (QED) is 0.425. The molecule has 0 bridgehead atoms. The molecular formula is C27H23F3N4O2. The van der Waals surface area contributed by atoms with Gasteiger partial charge in [-0.25, -0.2) is 9.07 Å². The van der Waals surface area contributed by atoms with Gasteiger partial charge in [-0.2, -0.15) is 13.9 Å². The summed E-state index contributed by atoms with van der Waals surface area (Å²) < 4.78 is 42.5. The molecule has 36 heavy (non-hydrogen) atoms. The average molecular weight is 493 g/mol. The summed E-state index contributed by atoms with van der Waals surface area (Å²) in [6, 6.07) is 18.7. The van der Waals surface area contributed by atoms with Crippen molar-refractivity contribution in [3.8, 4) is 5.69 Å². The number of benzene rings is 3. The van der Waals surface area contributed by atoms with Gasteiger partial charge >= 0.3 is 5.92 Å². The highest BCUT2D eigenvalue weighted by Gasteiger charge is 2.49. The Hall–Kier alpha value is -4.14. The van der Waals surface area contributed by atoms with Crippen molar-refractivity contribution in [3.05, 3.63) is 90.4 Å². The minimum absolute atomic E-state index is 0.293. The number of halogens is 3. The van der Waals surface area contributed by atoms with Crippen molar-refractivity contribution in [2.24, 2.45) is 5.92 Å². The minimum Gasteiger partial charge on any atom is -0.345 e. The highest BCUT2D eigenvalue weighted by Crippen LogP contribution is 2.41. The molecule has 9 heteroatoms. The van der Waals surface area contributed by atoms with Crippen LogP contribution < -0.4 is 10.2 Å². The van der Waals surface area contributed by atoms with Crippen molar-refractivity contribution in [1.82, 2.24) is 15.1 Å². The Balaban J connectivity index is 1.57. The molecule has 0 aliphatic carbocycles. The Kier molecular flexibility index (Phi) is 5.78. The number of alkyl halides is 2. The van der Waals surface area contributed by atoms with E-state index in [-0.39, 0.29) is 11.7 Å². The van der Waals surface area contributed by atoms with Gasteiger partial charge in [0, 0.05) is 18.0 Å². The normalized spacial score (nSPS) is 20.2. The van der Waals surface area contributed by atoms with Gasteiger partial charge in [-0.3, -0.25) is 9.59 Å². The van der Waals surface area contributed by atoms with Crippen LogP contribution in [0.2, 0.25) is 0 Å². The van der Waals surface area contributed by atoms with E-state index in [4.69, 9.17) is 0 Å². The second-order valence-electron chi connectivity index (χ2n) is 9.02. The first-order valence-electron chi connectivity index (χ1n) is 11.5. The summed E-state index contributed by atoms with van der Waals surface area (Å²) in [6.45, 7) is 2.16. The highest BCUT2D eigenvalue weighted by atomic mass is 19.3. The monoisotopic (exact) mass is 492 g/mol. The highest BCUT2D eigenvalue weighted by molar-refractivity contribution is 6.01. The number of nitrogens with zero attached hydrogens (tertiary/aromatic N) is 3. The molecule has 1 fully saturated rings. The number of nitrogens with one attached hydrogen (secondary N) is 1. The first-order chi connectivity index (χ1) is 17.1. The predicted octanol–water partition coefficient (Wildman–Crippen LogP) is 5.03. The molecule has 1 N–H and O–H groups in total. The molecule has 1 saturated heterocycles. The Labute approximate surface area is 205 Å². The molecular weight excluding hydrogens is 469 g/mol. The Morgan fingerprint density at radius 2 is 1.67 bits per heavy atom. The van der Waals surface area contributed by atoms with Gasteiger partial charge in [0.15, 0.2) is 0 Å². The lowest BCUT2D eigenvalue weighted by molar-refractivity contribution is -0.144. The van der Waals surface area contributed by atoms with Crippen molar-refractivity contribution in [1.29, 1.82) is 0 Å². The third-order valence-electron chi connectivity index (χ3n) is 6.52. The summed E-state index contributed by atoms with van der Waals surface area (Å²) in [5.41, 5.74) is 2.68. The van der Waals surface area contributed by atoms with E-state index in [9.17, 15) is 22.8 Å². The lowest BCUT2D eigenvalue weighted by Gasteiger charge is -2.30. The maximum absolute atomic E-state index is 13.7. The molecule has 5 rings (SSSR count). The fourth-order valence-corrected chi connectivity index (χ4v) is 4.68. The number of hydrogen-bond donors (Lipinski definition) is 1. The van der Waals surface area contributed by atoms with Crippen LogP contribution in [0.5, 0.6) is 0 Å². The number of carbonyl (C=O) groups excluding carboxylic acids is 2. The standard InChI is InChI=1S/C27H23F3N4O2/c1-16-23(32-26(36)27(2,29)30)24(17-6-4-3-5-7-17)33(25(16)35)21-12-13-22-18(14-21)15-31-34(22)20-10-8-19(28)9-11-20/h3-16,23-24H,1-2H3,(H,32,36)/t16-,23?,24+/m0/s1. The maximum atomic E-state index is 13.7. The third kappa shape index (κ3) is 4.10. The van der Waals surface area contributed by atoms with Crippen LogP contribution in [0, 0.1) is 11.7 Å². The van der Waals surface area contributed by atoms with E-state index in [2.05, 4.69) is 10.4 Å². The van der Waals surface area contributed by atoms with Crippen molar-refractivity contribution < 1.29 is 22.8 Å². The van der Waals surface area contributed by atoms with E-state index in [1.165, 1.54) is 12.1 Å². The lowest BCUT2D eigenvalue weighted by Crippen LogP contribution is -2.48. The van der Waals surface area contributed by atoms with Crippen molar-refractivity contribution >= 4 is 28.4 Å². The Bertz CT molecular complexity index is 1430. The van der Waals surface area contributed by atoms with Crippen LogP contribution in [0.4, 0.5) is 18.9 Å². The summed E-state index contributed by atoms with van der Waals surface area (Å²) >= 11 is 0. The molecule has 3 aromatic carbocycles. The van der Waals surface area contributed by atoms with Crippen molar-refractivity contribution in [2.75, 3.05) is 4.90 Å². The van der Waals surface area contributed by atoms with Gasteiger partial charge in [-0.1, -0.05) is 37.3 Å². The largest absolute Gasteiger partial charge is 0.345 e. The molecule has 3 atom stereocenters. The van der Waals surface area contributed by atoms with Crippen molar-refractivity contribution in [3.63, 3.8) is 0 Å². The van der Waals surface area contributed by atoms with Crippen LogP contribution in [0.15, 0.2) is 79.0 Å². The number of hydrogen-bond acceptors (Lipinski definition) is 3. The molecule has 6 nitrogen and oxygen atoms in total. The average Bonchev–Trinajstić information content (AvgIpc) is 3.38. The minimum atomic E-state index is -3.58. The van der Waals surface area contributed by atoms with E-state index in [0.717, 1.165) is 10.9 Å². The predicted molar refractivity (Wildman–Crippen MR) is 129 cm³/mol. The summed E-state index contributed by atoms with van der Waals surface area (Å²) in [7, 11) is 0. The van der Waals surface area contributed by atoms with Crippen LogP contribution in [-0.4, -0.2) is 33.6 Å². The molecule has 4 aromatic rings. The zero-order valence-electron chi connectivity index (χ0n) is 19.5. The van der Waals surface area contributed by atoms with Crippen LogP contribution in [-0.2, 0) is 9.59 Å². The van der Waals surface area contributed by atoms with Crippen LogP contribution in [0.3, 0.4) is 0 Å². The Morgan fingerprint density at radius 1 is 1.00 bits per heavy atom. The summed E-state index contributed by atoms with van der Waals surface area (Å²) in [5.74, 6) is -6.39.